The van der Waals surface area contributed by atoms with Crippen LogP contribution in [0.4, 0.5) is 5.00 Å². The van der Waals surface area contributed by atoms with Crippen LogP contribution in [-0.4, -0.2) is 30.1 Å². The second kappa shape index (κ2) is 11.5. The standard InChI is InChI=1S/C26H30N2O4S/c1-5-22(23(29)6-2)25(30)24-26(33-17-27-24)28(15-18-7-11-20(31-3)12-8-18)16-19-9-13-21(32-4)14-10-19/h7-14,17,29H,5-6,15-16H2,1-4H3/b23-22-. The zero-order chi connectivity index (χ0) is 23.8. The summed E-state index contributed by atoms with van der Waals surface area (Å²) in [6.45, 7) is 4.88. The number of aliphatic hydroxyl groups excluding tert-OH is 1. The zero-order valence-corrected chi connectivity index (χ0v) is 20.3. The molecule has 0 fully saturated rings. The van der Waals surface area contributed by atoms with Crippen molar-refractivity contribution in [1.29, 1.82) is 0 Å². The highest BCUT2D eigenvalue weighted by molar-refractivity contribution is 7.14. The predicted octanol–water partition coefficient (Wildman–Crippen LogP) is 6.18. The SMILES string of the molecule is CC/C(O)=C(\CC)C(=O)c1ncsc1N(Cc1ccc(OC)cc1)Cc1ccc(OC)cc1. The quantitative estimate of drug-likeness (QED) is 0.207. The maximum atomic E-state index is 13.3. The molecular formula is C26H30N2O4S. The van der Waals surface area contributed by atoms with E-state index in [9.17, 15) is 9.90 Å². The Kier molecular flexibility index (Phi) is 8.49. The fraction of sp³-hybridized carbons (Fsp3) is 0.308. The van der Waals surface area contributed by atoms with Gasteiger partial charge in [0.05, 0.1) is 25.5 Å². The number of hydrogen-bond donors (Lipinski definition) is 1. The minimum atomic E-state index is -0.220. The minimum absolute atomic E-state index is 0.123. The summed E-state index contributed by atoms with van der Waals surface area (Å²) in [5, 5.41) is 11.1. The largest absolute Gasteiger partial charge is 0.512 e. The number of allylic oxidation sites excluding steroid dienone is 2. The first-order chi connectivity index (χ1) is 16.0. The number of anilines is 1. The zero-order valence-electron chi connectivity index (χ0n) is 19.5. The highest BCUT2D eigenvalue weighted by Gasteiger charge is 2.24. The molecule has 0 spiro atoms. The predicted molar refractivity (Wildman–Crippen MR) is 133 cm³/mol. The number of ketones is 1. The highest BCUT2D eigenvalue weighted by atomic mass is 32.1. The number of rotatable bonds is 11. The van der Waals surface area contributed by atoms with E-state index < -0.39 is 0 Å². The van der Waals surface area contributed by atoms with Crippen LogP contribution in [0.3, 0.4) is 0 Å². The summed E-state index contributed by atoms with van der Waals surface area (Å²) in [5.41, 5.74) is 4.64. The van der Waals surface area contributed by atoms with Crippen molar-refractivity contribution >= 4 is 22.1 Å². The molecule has 3 rings (SSSR count). The third-order valence-corrected chi connectivity index (χ3v) is 6.31. The molecule has 33 heavy (non-hydrogen) atoms. The van der Waals surface area contributed by atoms with E-state index in [2.05, 4.69) is 9.88 Å². The molecule has 0 saturated heterocycles. The monoisotopic (exact) mass is 466 g/mol. The van der Waals surface area contributed by atoms with Gasteiger partial charge in [-0.25, -0.2) is 4.98 Å². The lowest BCUT2D eigenvalue weighted by Gasteiger charge is -2.24. The van der Waals surface area contributed by atoms with Crippen molar-refractivity contribution in [3.8, 4) is 11.5 Å². The molecule has 2 aromatic carbocycles. The van der Waals surface area contributed by atoms with Crippen molar-refractivity contribution in [1.82, 2.24) is 4.98 Å². The Morgan fingerprint density at radius 1 is 0.909 bits per heavy atom. The third-order valence-electron chi connectivity index (χ3n) is 5.43. The Balaban J connectivity index is 1.98. The Morgan fingerprint density at radius 3 is 1.85 bits per heavy atom. The van der Waals surface area contributed by atoms with Crippen molar-refractivity contribution in [2.75, 3.05) is 19.1 Å². The molecule has 1 aromatic heterocycles. The van der Waals surface area contributed by atoms with Gasteiger partial charge < -0.3 is 19.5 Å². The number of methoxy groups -OCH3 is 2. The average molecular weight is 467 g/mol. The van der Waals surface area contributed by atoms with Crippen LogP contribution in [-0.2, 0) is 13.1 Å². The van der Waals surface area contributed by atoms with Crippen LogP contribution in [0.25, 0.3) is 0 Å². The summed E-state index contributed by atoms with van der Waals surface area (Å²) in [4.78, 5) is 19.8. The van der Waals surface area contributed by atoms with E-state index in [1.807, 2.05) is 62.4 Å². The Hall–Kier alpha value is -3.32. The molecule has 0 aliphatic heterocycles. The molecule has 0 saturated carbocycles. The van der Waals surface area contributed by atoms with Crippen LogP contribution in [0.2, 0.25) is 0 Å². The number of aliphatic hydroxyl groups is 1. The van der Waals surface area contributed by atoms with Gasteiger partial charge in [-0.15, -0.1) is 11.3 Å². The van der Waals surface area contributed by atoms with Crippen LogP contribution in [0.15, 0.2) is 65.4 Å². The Labute approximate surface area is 199 Å². The van der Waals surface area contributed by atoms with Gasteiger partial charge in [0.1, 0.15) is 22.2 Å². The highest BCUT2D eigenvalue weighted by Crippen LogP contribution is 2.32. The van der Waals surface area contributed by atoms with Crippen LogP contribution >= 0.6 is 11.3 Å². The normalized spacial score (nSPS) is 11.6. The van der Waals surface area contributed by atoms with Crippen molar-refractivity contribution in [2.24, 2.45) is 0 Å². The number of thiazole rings is 1. The molecule has 0 amide bonds. The lowest BCUT2D eigenvalue weighted by atomic mass is 10.0. The summed E-state index contributed by atoms with van der Waals surface area (Å²) in [7, 11) is 3.29. The molecule has 7 heteroatoms. The van der Waals surface area contributed by atoms with E-state index in [4.69, 9.17) is 9.47 Å². The molecule has 0 radical (unpaired) electrons. The number of ether oxygens (including phenoxy) is 2. The summed E-state index contributed by atoms with van der Waals surface area (Å²) >= 11 is 1.43. The molecule has 0 bridgehead atoms. The number of hydrogen-bond acceptors (Lipinski definition) is 7. The van der Waals surface area contributed by atoms with Crippen LogP contribution in [0, 0.1) is 0 Å². The van der Waals surface area contributed by atoms with Gasteiger partial charge in [0, 0.05) is 25.1 Å². The second-order valence-corrected chi connectivity index (χ2v) is 8.35. The number of benzene rings is 2. The van der Waals surface area contributed by atoms with Crippen molar-refractivity contribution in [3.05, 3.63) is 82.2 Å². The number of carbonyl (C=O) groups is 1. The summed E-state index contributed by atoms with van der Waals surface area (Å²) in [6, 6.07) is 15.8. The minimum Gasteiger partial charge on any atom is -0.512 e. The van der Waals surface area contributed by atoms with Crippen LogP contribution < -0.4 is 14.4 Å². The first kappa shape index (κ1) is 24.3. The van der Waals surface area contributed by atoms with Crippen molar-refractivity contribution in [3.63, 3.8) is 0 Å². The maximum Gasteiger partial charge on any atom is 0.213 e. The number of carbonyl (C=O) groups excluding carboxylic acids is 1. The van der Waals surface area contributed by atoms with Gasteiger partial charge in [0.15, 0.2) is 0 Å². The fourth-order valence-electron chi connectivity index (χ4n) is 3.57. The fourth-order valence-corrected chi connectivity index (χ4v) is 4.37. The van der Waals surface area contributed by atoms with E-state index in [0.29, 0.717) is 37.2 Å². The summed E-state index contributed by atoms with van der Waals surface area (Å²) in [6.07, 6.45) is 0.863. The maximum absolute atomic E-state index is 13.3. The van der Waals surface area contributed by atoms with Crippen molar-refractivity contribution < 1.29 is 19.4 Å². The summed E-state index contributed by atoms with van der Waals surface area (Å²) in [5.74, 6) is 1.49. The van der Waals surface area contributed by atoms with Crippen LogP contribution in [0.1, 0.15) is 48.3 Å². The number of aromatic nitrogens is 1. The number of Topliss-reactive ketones (excluding diaryl/α,β-unsaturated/α-hetero) is 1. The van der Waals surface area contributed by atoms with E-state index in [1.165, 1.54) is 11.3 Å². The first-order valence-corrected chi connectivity index (χ1v) is 11.8. The molecule has 6 nitrogen and oxygen atoms in total. The van der Waals surface area contributed by atoms with Gasteiger partial charge in [-0.3, -0.25) is 4.79 Å². The van der Waals surface area contributed by atoms with Gasteiger partial charge in [-0.1, -0.05) is 38.1 Å². The van der Waals surface area contributed by atoms with Crippen molar-refractivity contribution in [2.45, 2.75) is 39.8 Å². The van der Waals surface area contributed by atoms with Gasteiger partial charge in [-0.05, 0) is 41.8 Å². The molecule has 0 atom stereocenters. The van der Waals surface area contributed by atoms with Gasteiger partial charge >= 0.3 is 0 Å². The molecule has 174 valence electrons. The Bertz CT molecular complexity index is 1040. The third kappa shape index (κ3) is 5.93. The molecule has 3 aromatic rings. The van der Waals surface area contributed by atoms with Crippen LogP contribution in [0.5, 0.6) is 11.5 Å². The second-order valence-electron chi connectivity index (χ2n) is 7.52. The molecule has 0 aliphatic rings. The summed E-state index contributed by atoms with van der Waals surface area (Å²) < 4.78 is 10.6. The molecular weight excluding hydrogens is 436 g/mol. The molecule has 0 unspecified atom stereocenters. The van der Waals surface area contributed by atoms with E-state index in [-0.39, 0.29) is 11.5 Å². The molecule has 0 aliphatic carbocycles. The Morgan fingerprint density at radius 2 is 1.42 bits per heavy atom. The lowest BCUT2D eigenvalue weighted by Crippen LogP contribution is -2.23. The lowest BCUT2D eigenvalue weighted by molar-refractivity contribution is 0.102. The molecule has 1 heterocycles. The number of nitrogens with zero attached hydrogens (tertiary/aromatic N) is 2. The topological polar surface area (TPSA) is 71.9 Å². The van der Waals surface area contributed by atoms with E-state index in [0.717, 1.165) is 27.6 Å². The van der Waals surface area contributed by atoms with Gasteiger partial charge in [0.2, 0.25) is 5.78 Å². The smallest absolute Gasteiger partial charge is 0.213 e. The van der Waals surface area contributed by atoms with Gasteiger partial charge in [-0.2, -0.15) is 0 Å². The first-order valence-electron chi connectivity index (χ1n) is 10.9. The average Bonchev–Trinajstić information content (AvgIpc) is 3.34. The van der Waals surface area contributed by atoms with Gasteiger partial charge in [0.25, 0.3) is 0 Å². The van der Waals surface area contributed by atoms with E-state index >= 15 is 0 Å². The molecule has 1 N–H and O–H groups in total. The van der Waals surface area contributed by atoms with E-state index in [1.54, 1.807) is 19.7 Å².